The van der Waals surface area contributed by atoms with Gasteiger partial charge in [0.25, 0.3) is 11.8 Å². The van der Waals surface area contributed by atoms with Gasteiger partial charge in [0.1, 0.15) is 5.75 Å². The standard InChI is InChI=1S/C34H44N4O7/c1-4-44-33(42)34(16-20-43-3)21-25-12-14-26(15-13-25)45-23-31(40)35-17-8-19-38(18-7-11-30(39)36-24-34)32(41)28-22-37(2)29-10-6-5-9-27(28)29/h5-6,9-10,12-15,22H,4,7-8,11,16-21,23-24H2,1-3H3,(H,35,40)(H,36,39). The third-order valence-corrected chi connectivity index (χ3v) is 8.13. The number of para-hydroxylation sites is 1. The van der Waals surface area contributed by atoms with Gasteiger partial charge in [-0.3, -0.25) is 19.2 Å². The van der Waals surface area contributed by atoms with Crippen molar-refractivity contribution in [2.24, 2.45) is 12.5 Å². The summed E-state index contributed by atoms with van der Waals surface area (Å²) in [5.74, 6) is -0.509. The van der Waals surface area contributed by atoms with Crippen molar-refractivity contribution in [1.82, 2.24) is 20.1 Å². The van der Waals surface area contributed by atoms with E-state index in [4.69, 9.17) is 14.2 Å². The molecule has 0 aliphatic carbocycles. The Morgan fingerprint density at radius 1 is 1.00 bits per heavy atom. The number of ether oxygens (including phenoxy) is 3. The van der Waals surface area contributed by atoms with Crippen LogP contribution in [-0.2, 0) is 37.3 Å². The molecule has 0 spiro atoms. The number of fused-ring (bicyclic) bond motifs is 18. The Hall–Kier alpha value is -4.38. The number of amides is 3. The van der Waals surface area contributed by atoms with E-state index in [-0.39, 0.29) is 43.9 Å². The second kappa shape index (κ2) is 16.1. The zero-order chi connectivity index (χ0) is 32.2. The molecule has 5 rings (SSSR count). The molecular weight excluding hydrogens is 576 g/mol. The molecule has 3 amide bonds. The van der Waals surface area contributed by atoms with E-state index >= 15 is 0 Å². The van der Waals surface area contributed by atoms with Crippen LogP contribution in [0, 0.1) is 5.41 Å². The van der Waals surface area contributed by atoms with Crippen LogP contribution in [0.4, 0.5) is 0 Å². The Morgan fingerprint density at radius 3 is 2.51 bits per heavy atom. The quantitative estimate of drug-likeness (QED) is 0.405. The zero-order valence-electron chi connectivity index (χ0n) is 26.4. The predicted octanol–water partition coefficient (Wildman–Crippen LogP) is 3.24. The summed E-state index contributed by atoms with van der Waals surface area (Å²) < 4.78 is 18.4. The van der Waals surface area contributed by atoms with E-state index in [0.29, 0.717) is 63.2 Å². The first-order chi connectivity index (χ1) is 21.8. The van der Waals surface area contributed by atoms with Crippen molar-refractivity contribution in [1.29, 1.82) is 0 Å². The van der Waals surface area contributed by atoms with Crippen LogP contribution in [0.3, 0.4) is 0 Å². The highest BCUT2D eigenvalue weighted by Gasteiger charge is 2.40. The van der Waals surface area contributed by atoms with E-state index in [9.17, 15) is 19.2 Å². The molecular formula is C34H44N4O7. The molecule has 3 aromatic rings. The number of rotatable bonds is 6. The van der Waals surface area contributed by atoms with E-state index in [1.807, 2.05) is 54.2 Å². The summed E-state index contributed by atoms with van der Waals surface area (Å²) in [6.07, 6.45) is 3.61. The molecule has 3 heterocycles. The SMILES string of the molecule is CCOC(=O)C1(CCOC)CNC(=O)CCCN(C(=O)c2cn(C)c3ccccc23)CCCNC(=O)COc2ccc(cc2)C1. The number of hydrogen-bond donors (Lipinski definition) is 2. The van der Waals surface area contributed by atoms with Gasteiger partial charge in [-0.05, 0) is 56.4 Å². The molecule has 45 heavy (non-hydrogen) atoms. The Kier molecular flexibility index (Phi) is 12.0. The molecule has 0 fully saturated rings. The largest absolute Gasteiger partial charge is 0.484 e. The molecule has 11 heteroatoms. The summed E-state index contributed by atoms with van der Waals surface area (Å²) in [4.78, 5) is 54.5. The first-order valence-electron chi connectivity index (χ1n) is 15.5. The Labute approximate surface area is 264 Å². The number of hydrogen-bond acceptors (Lipinski definition) is 7. The molecule has 1 atom stereocenters. The van der Waals surface area contributed by atoms with Gasteiger partial charge in [-0.25, -0.2) is 0 Å². The van der Waals surface area contributed by atoms with Crippen LogP contribution in [0.15, 0.2) is 54.7 Å². The lowest BCUT2D eigenvalue weighted by Gasteiger charge is -2.32. The molecule has 242 valence electrons. The number of esters is 1. The normalized spacial score (nSPS) is 19.0. The third-order valence-electron chi connectivity index (χ3n) is 8.13. The van der Waals surface area contributed by atoms with Gasteiger partial charge in [-0.15, -0.1) is 0 Å². The maximum absolute atomic E-state index is 13.8. The first-order valence-corrected chi connectivity index (χ1v) is 15.5. The average molecular weight is 621 g/mol. The van der Waals surface area contributed by atoms with Gasteiger partial charge in [0.05, 0.1) is 17.6 Å². The molecule has 0 saturated carbocycles. The topological polar surface area (TPSA) is 128 Å². The summed E-state index contributed by atoms with van der Waals surface area (Å²) in [6, 6.07) is 14.9. The van der Waals surface area contributed by atoms with Crippen molar-refractivity contribution in [3.8, 4) is 5.75 Å². The third kappa shape index (κ3) is 8.85. The van der Waals surface area contributed by atoms with E-state index in [2.05, 4.69) is 10.6 Å². The predicted molar refractivity (Wildman–Crippen MR) is 170 cm³/mol. The van der Waals surface area contributed by atoms with Crippen molar-refractivity contribution in [3.63, 3.8) is 0 Å². The number of nitrogens with one attached hydrogen (secondary N) is 2. The Morgan fingerprint density at radius 2 is 1.76 bits per heavy atom. The van der Waals surface area contributed by atoms with Crippen molar-refractivity contribution in [2.75, 3.05) is 53.1 Å². The average Bonchev–Trinajstić information content (AvgIpc) is 3.38. The van der Waals surface area contributed by atoms with E-state index in [0.717, 1.165) is 16.5 Å². The molecule has 1 unspecified atom stereocenters. The number of aryl methyl sites for hydroxylation is 1. The first kappa shape index (κ1) is 33.5. The van der Waals surface area contributed by atoms with Crippen LogP contribution in [0.25, 0.3) is 10.9 Å². The fourth-order valence-electron chi connectivity index (χ4n) is 5.64. The summed E-state index contributed by atoms with van der Waals surface area (Å²) in [5, 5.41) is 6.69. The van der Waals surface area contributed by atoms with Crippen molar-refractivity contribution in [3.05, 3.63) is 65.9 Å². The van der Waals surface area contributed by atoms with E-state index in [1.165, 1.54) is 0 Å². The number of methoxy groups -OCH3 is 1. The molecule has 0 radical (unpaired) electrons. The second-order valence-electron chi connectivity index (χ2n) is 11.4. The van der Waals surface area contributed by atoms with Crippen LogP contribution in [-0.4, -0.2) is 86.3 Å². The number of benzene rings is 2. The van der Waals surface area contributed by atoms with Crippen molar-refractivity contribution in [2.45, 2.75) is 39.0 Å². The molecule has 2 aliphatic heterocycles. The highest BCUT2D eigenvalue weighted by molar-refractivity contribution is 6.07. The van der Waals surface area contributed by atoms with Gasteiger partial charge >= 0.3 is 5.97 Å². The fraction of sp³-hybridized carbons (Fsp3) is 0.471. The second-order valence-corrected chi connectivity index (χ2v) is 11.4. The monoisotopic (exact) mass is 620 g/mol. The maximum atomic E-state index is 13.8. The lowest BCUT2D eigenvalue weighted by atomic mass is 9.78. The Bertz CT molecular complexity index is 1470. The molecule has 2 N–H and O–H groups in total. The van der Waals surface area contributed by atoms with Crippen LogP contribution in [0.2, 0.25) is 0 Å². The van der Waals surface area contributed by atoms with Crippen molar-refractivity contribution < 1.29 is 33.4 Å². The Balaban J connectivity index is 1.56. The number of aromatic nitrogens is 1. The number of nitrogens with zero attached hydrogens (tertiary/aromatic N) is 2. The summed E-state index contributed by atoms with van der Waals surface area (Å²) in [5.41, 5.74) is 1.34. The fourth-order valence-corrected chi connectivity index (χ4v) is 5.64. The molecule has 2 aromatic carbocycles. The van der Waals surface area contributed by atoms with Crippen LogP contribution in [0.5, 0.6) is 5.75 Å². The molecule has 1 aromatic heterocycles. The summed E-state index contributed by atoms with van der Waals surface area (Å²) >= 11 is 0. The highest BCUT2D eigenvalue weighted by Crippen LogP contribution is 2.30. The zero-order valence-corrected chi connectivity index (χ0v) is 26.4. The van der Waals surface area contributed by atoms with Gasteiger partial charge in [0, 0.05) is 70.5 Å². The van der Waals surface area contributed by atoms with E-state index < -0.39 is 11.4 Å². The van der Waals surface area contributed by atoms with Gasteiger partial charge in [-0.2, -0.15) is 0 Å². The lowest BCUT2D eigenvalue weighted by molar-refractivity contribution is -0.156. The molecule has 11 nitrogen and oxygen atoms in total. The lowest BCUT2D eigenvalue weighted by Crippen LogP contribution is -2.46. The van der Waals surface area contributed by atoms with Gasteiger partial charge in [0.15, 0.2) is 6.61 Å². The molecule has 2 bridgehead atoms. The number of carbonyl (C=O) groups is 4. The van der Waals surface area contributed by atoms with E-state index in [1.54, 1.807) is 31.1 Å². The minimum atomic E-state index is -1.05. The van der Waals surface area contributed by atoms with Gasteiger partial charge in [-0.1, -0.05) is 30.3 Å². The number of carbonyl (C=O) groups excluding carboxylic acids is 4. The van der Waals surface area contributed by atoms with Crippen molar-refractivity contribution >= 4 is 34.6 Å². The van der Waals surface area contributed by atoms with Crippen LogP contribution in [0.1, 0.15) is 48.5 Å². The molecule has 2 aliphatic rings. The minimum absolute atomic E-state index is 0.0745. The highest BCUT2D eigenvalue weighted by atomic mass is 16.5. The van der Waals surface area contributed by atoms with Gasteiger partial charge < -0.3 is 34.3 Å². The summed E-state index contributed by atoms with van der Waals surface area (Å²) in [6.45, 7) is 3.31. The smallest absolute Gasteiger partial charge is 0.314 e. The molecule has 0 saturated heterocycles. The maximum Gasteiger partial charge on any atom is 0.314 e. The summed E-state index contributed by atoms with van der Waals surface area (Å²) in [7, 11) is 3.47. The van der Waals surface area contributed by atoms with Crippen LogP contribution < -0.4 is 15.4 Å². The van der Waals surface area contributed by atoms with Crippen LogP contribution >= 0.6 is 0 Å². The minimum Gasteiger partial charge on any atom is -0.484 e. The van der Waals surface area contributed by atoms with Gasteiger partial charge in [0.2, 0.25) is 5.91 Å².